The van der Waals surface area contributed by atoms with Crippen molar-refractivity contribution in [2.24, 2.45) is 17.6 Å². The number of nitrogens with two attached hydrogens (primary N) is 1. The van der Waals surface area contributed by atoms with E-state index in [9.17, 15) is 0 Å². The molecule has 1 aromatic carbocycles. The number of hydrogen-bond donors (Lipinski definition) is 1. The average molecular weight is 276 g/mol. The molecule has 0 amide bonds. The van der Waals surface area contributed by atoms with Crippen molar-refractivity contribution in [3.05, 3.63) is 29.8 Å². The van der Waals surface area contributed by atoms with Gasteiger partial charge in [-0.2, -0.15) is 0 Å². The van der Waals surface area contributed by atoms with Crippen LogP contribution in [0.15, 0.2) is 24.3 Å². The monoisotopic (exact) mass is 276 g/mol. The number of ether oxygens (including phenoxy) is 1. The summed E-state index contributed by atoms with van der Waals surface area (Å²) in [5.41, 5.74) is 7.28. The van der Waals surface area contributed by atoms with Gasteiger partial charge in [0.1, 0.15) is 5.75 Å². The first-order chi connectivity index (χ1) is 9.63. The highest BCUT2D eigenvalue weighted by atomic mass is 16.5. The Morgan fingerprint density at radius 3 is 2.65 bits per heavy atom. The summed E-state index contributed by atoms with van der Waals surface area (Å²) in [6.45, 7) is 7.83. The molecule has 1 aliphatic heterocycles. The number of nitrogens with zero attached hydrogens (tertiary/aromatic N) is 1. The molecular formula is C17H28N2O. The van der Waals surface area contributed by atoms with Gasteiger partial charge in [0.25, 0.3) is 0 Å². The van der Waals surface area contributed by atoms with Crippen molar-refractivity contribution >= 4 is 0 Å². The highest BCUT2D eigenvalue weighted by Gasteiger charge is 2.27. The van der Waals surface area contributed by atoms with Crippen molar-refractivity contribution in [2.45, 2.75) is 32.7 Å². The fourth-order valence-electron chi connectivity index (χ4n) is 3.12. The minimum atomic E-state index is 0.574. The number of likely N-dealkylation sites (tertiary alicyclic amines) is 1. The molecule has 1 aliphatic rings. The molecule has 1 saturated heterocycles. The van der Waals surface area contributed by atoms with Crippen LogP contribution >= 0.6 is 0 Å². The molecule has 20 heavy (non-hydrogen) atoms. The Kier molecular flexibility index (Phi) is 5.44. The highest BCUT2D eigenvalue weighted by molar-refractivity contribution is 5.27. The third-order valence-corrected chi connectivity index (χ3v) is 4.76. The lowest BCUT2D eigenvalue weighted by molar-refractivity contribution is 0.0978. The molecule has 0 radical (unpaired) electrons. The summed E-state index contributed by atoms with van der Waals surface area (Å²) in [6, 6.07) is 9.00. The molecule has 0 saturated carbocycles. The Hall–Kier alpha value is -1.06. The molecule has 0 aliphatic carbocycles. The van der Waals surface area contributed by atoms with E-state index in [4.69, 9.17) is 10.5 Å². The zero-order chi connectivity index (χ0) is 14.5. The van der Waals surface area contributed by atoms with E-state index in [-0.39, 0.29) is 0 Å². The molecule has 3 heteroatoms. The minimum Gasteiger partial charge on any atom is -0.497 e. The number of methoxy groups -OCH3 is 1. The summed E-state index contributed by atoms with van der Waals surface area (Å²) in [5, 5.41) is 0. The van der Waals surface area contributed by atoms with Crippen LogP contribution in [0.25, 0.3) is 0 Å². The average Bonchev–Trinajstić information content (AvgIpc) is 2.48. The maximum atomic E-state index is 5.90. The summed E-state index contributed by atoms with van der Waals surface area (Å²) in [4.78, 5) is 2.60. The van der Waals surface area contributed by atoms with Gasteiger partial charge in [-0.1, -0.05) is 19.1 Å². The fourth-order valence-corrected chi connectivity index (χ4v) is 3.12. The largest absolute Gasteiger partial charge is 0.497 e. The lowest BCUT2D eigenvalue weighted by Gasteiger charge is -2.40. The van der Waals surface area contributed by atoms with E-state index in [1.165, 1.54) is 18.5 Å². The van der Waals surface area contributed by atoms with Crippen molar-refractivity contribution in [1.29, 1.82) is 0 Å². The maximum Gasteiger partial charge on any atom is 0.118 e. The number of hydrogen-bond acceptors (Lipinski definition) is 3. The molecule has 0 spiro atoms. The van der Waals surface area contributed by atoms with E-state index in [1.807, 2.05) is 12.1 Å². The second kappa shape index (κ2) is 7.09. The number of rotatable bonds is 5. The molecule has 112 valence electrons. The third kappa shape index (κ3) is 3.74. The predicted molar refractivity (Wildman–Crippen MR) is 84.1 cm³/mol. The predicted octanol–water partition coefficient (Wildman–Crippen LogP) is 2.54. The molecule has 1 heterocycles. The first-order valence-electron chi connectivity index (χ1n) is 7.71. The standard InChI is InChI=1S/C17H28N2O/c1-13-8-9-19(12-16(13)11-18)14(2)10-15-4-6-17(20-3)7-5-15/h4-7,13-14,16H,8-12,18H2,1-3H3. The van der Waals surface area contributed by atoms with Crippen LogP contribution in [0.1, 0.15) is 25.8 Å². The van der Waals surface area contributed by atoms with Crippen molar-refractivity contribution < 1.29 is 4.74 Å². The zero-order valence-corrected chi connectivity index (χ0v) is 13.0. The van der Waals surface area contributed by atoms with Gasteiger partial charge in [-0.15, -0.1) is 0 Å². The van der Waals surface area contributed by atoms with Crippen LogP contribution in [0.2, 0.25) is 0 Å². The number of benzene rings is 1. The molecule has 2 N–H and O–H groups in total. The maximum absolute atomic E-state index is 5.90. The SMILES string of the molecule is COc1ccc(CC(C)N2CCC(C)C(CN)C2)cc1. The van der Waals surface area contributed by atoms with Crippen LogP contribution < -0.4 is 10.5 Å². The van der Waals surface area contributed by atoms with Crippen LogP contribution in [0.5, 0.6) is 5.75 Å². The first-order valence-corrected chi connectivity index (χ1v) is 7.71. The summed E-state index contributed by atoms with van der Waals surface area (Å²) in [7, 11) is 1.71. The molecule has 3 nitrogen and oxygen atoms in total. The van der Waals surface area contributed by atoms with Crippen molar-refractivity contribution in [3.63, 3.8) is 0 Å². The van der Waals surface area contributed by atoms with E-state index in [0.717, 1.165) is 31.2 Å². The Bertz CT molecular complexity index is 404. The Balaban J connectivity index is 1.92. The lowest BCUT2D eigenvalue weighted by Crippen LogP contribution is -2.47. The van der Waals surface area contributed by atoms with E-state index in [1.54, 1.807) is 7.11 Å². The van der Waals surface area contributed by atoms with Crippen molar-refractivity contribution in [3.8, 4) is 5.75 Å². The van der Waals surface area contributed by atoms with Gasteiger partial charge in [-0.05, 0) is 62.4 Å². The van der Waals surface area contributed by atoms with Gasteiger partial charge < -0.3 is 10.5 Å². The fraction of sp³-hybridized carbons (Fsp3) is 0.647. The zero-order valence-electron chi connectivity index (χ0n) is 13.0. The molecular weight excluding hydrogens is 248 g/mol. The van der Waals surface area contributed by atoms with Crippen LogP contribution in [0.3, 0.4) is 0 Å². The summed E-state index contributed by atoms with van der Waals surface area (Å²) < 4.78 is 5.21. The quantitative estimate of drug-likeness (QED) is 0.898. The van der Waals surface area contributed by atoms with Gasteiger partial charge in [0.15, 0.2) is 0 Å². The third-order valence-electron chi connectivity index (χ3n) is 4.76. The molecule has 2 rings (SSSR count). The van der Waals surface area contributed by atoms with Gasteiger partial charge in [-0.25, -0.2) is 0 Å². The first kappa shape index (κ1) is 15.3. The Morgan fingerprint density at radius 1 is 1.35 bits per heavy atom. The van der Waals surface area contributed by atoms with E-state index in [0.29, 0.717) is 12.0 Å². The van der Waals surface area contributed by atoms with Crippen LogP contribution in [0.4, 0.5) is 0 Å². The molecule has 1 aromatic rings. The summed E-state index contributed by atoms with van der Waals surface area (Å²) in [6.07, 6.45) is 2.37. The van der Waals surface area contributed by atoms with Gasteiger partial charge in [0.05, 0.1) is 7.11 Å². The Morgan fingerprint density at radius 2 is 2.05 bits per heavy atom. The van der Waals surface area contributed by atoms with Crippen molar-refractivity contribution in [1.82, 2.24) is 4.90 Å². The van der Waals surface area contributed by atoms with Gasteiger partial charge in [-0.3, -0.25) is 4.90 Å². The molecule has 0 bridgehead atoms. The normalized spacial score (nSPS) is 25.4. The molecule has 1 fully saturated rings. The van der Waals surface area contributed by atoms with Crippen LogP contribution in [-0.2, 0) is 6.42 Å². The number of piperidine rings is 1. The smallest absolute Gasteiger partial charge is 0.118 e. The summed E-state index contributed by atoms with van der Waals surface area (Å²) in [5.74, 6) is 2.35. The van der Waals surface area contributed by atoms with Crippen molar-refractivity contribution in [2.75, 3.05) is 26.7 Å². The van der Waals surface area contributed by atoms with Crippen LogP contribution in [0, 0.1) is 11.8 Å². The summed E-state index contributed by atoms with van der Waals surface area (Å²) >= 11 is 0. The second-order valence-corrected chi connectivity index (χ2v) is 6.16. The van der Waals surface area contributed by atoms with Gasteiger partial charge in [0.2, 0.25) is 0 Å². The van der Waals surface area contributed by atoms with Crippen LogP contribution in [-0.4, -0.2) is 37.7 Å². The van der Waals surface area contributed by atoms with E-state index in [2.05, 4.69) is 30.9 Å². The topological polar surface area (TPSA) is 38.5 Å². The Labute approximate surface area is 123 Å². The highest BCUT2D eigenvalue weighted by Crippen LogP contribution is 2.24. The lowest BCUT2D eigenvalue weighted by atomic mass is 9.86. The molecule has 3 unspecified atom stereocenters. The van der Waals surface area contributed by atoms with E-state index >= 15 is 0 Å². The second-order valence-electron chi connectivity index (χ2n) is 6.16. The van der Waals surface area contributed by atoms with Gasteiger partial charge in [0, 0.05) is 12.6 Å². The van der Waals surface area contributed by atoms with E-state index < -0.39 is 0 Å². The minimum absolute atomic E-state index is 0.574. The van der Waals surface area contributed by atoms with Gasteiger partial charge >= 0.3 is 0 Å². The molecule has 0 aromatic heterocycles. The molecule has 3 atom stereocenters.